The highest BCUT2D eigenvalue weighted by atomic mass is 16.5. The second kappa shape index (κ2) is 4.81. The topological polar surface area (TPSA) is 88.6 Å². The normalized spacial score (nSPS) is 9.77. The van der Waals surface area contributed by atoms with E-state index < -0.39 is 7.12 Å². The molecule has 1 rings (SSSR count). The Hall–Kier alpha value is -1.11. The van der Waals surface area contributed by atoms with Gasteiger partial charge >= 0.3 is 7.12 Å². The number of pyridine rings is 1. The van der Waals surface area contributed by atoms with E-state index in [0.29, 0.717) is 24.5 Å². The van der Waals surface area contributed by atoms with Crippen LogP contribution in [0.25, 0.3) is 0 Å². The Labute approximate surface area is 76.3 Å². The van der Waals surface area contributed by atoms with Crippen LogP contribution in [0, 0.1) is 0 Å². The summed E-state index contributed by atoms with van der Waals surface area (Å²) in [5.41, 5.74) is 5.57. The van der Waals surface area contributed by atoms with E-state index in [1.54, 1.807) is 0 Å². The van der Waals surface area contributed by atoms with Crippen molar-refractivity contribution in [1.82, 2.24) is 4.98 Å². The van der Waals surface area contributed by atoms with Gasteiger partial charge in [-0.15, -0.1) is 0 Å². The zero-order chi connectivity index (χ0) is 9.68. The van der Waals surface area contributed by atoms with Crippen molar-refractivity contribution in [3.8, 4) is 5.88 Å². The van der Waals surface area contributed by atoms with Crippen LogP contribution in [0.3, 0.4) is 0 Å². The number of hydrogen-bond acceptors (Lipinski definition) is 5. The van der Waals surface area contributed by atoms with Crippen LogP contribution >= 0.6 is 0 Å². The molecular weight excluding hydrogens is 171 g/mol. The summed E-state index contributed by atoms with van der Waals surface area (Å²) < 4.78 is 5.09. The molecular formula is C7H11BN2O3. The van der Waals surface area contributed by atoms with Gasteiger partial charge in [0.1, 0.15) is 6.61 Å². The zero-order valence-corrected chi connectivity index (χ0v) is 7.05. The Morgan fingerprint density at radius 3 is 2.92 bits per heavy atom. The van der Waals surface area contributed by atoms with Gasteiger partial charge in [-0.1, -0.05) is 0 Å². The van der Waals surface area contributed by atoms with E-state index in [2.05, 4.69) is 4.98 Å². The molecule has 0 amide bonds. The summed E-state index contributed by atoms with van der Waals surface area (Å²) in [4.78, 5) is 3.86. The molecule has 1 aromatic heterocycles. The molecule has 0 atom stereocenters. The van der Waals surface area contributed by atoms with Crippen LogP contribution in [-0.4, -0.2) is 35.3 Å². The van der Waals surface area contributed by atoms with Crippen molar-refractivity contribution in [3.05, 3.63) is 18.3 Å². The highest BCUT2D eigenvalue weighted by molar-refractivity contribution is 6.58. The molecule has 0 aliphatic carbocycles. The van der Waals surface area contributed by atoms with Crippen LogP contribution in [-0.2, 0) is 0 Å². The van der Waals surface area contributed by atoms with Crippen molar-refractivity contribution in [2.45, 2.75) is 0 Å². The van der Waals surface area contributed by atoms with Crippen LogP contribution in [0.5, 0.6) is 5.88 Å². The van der Waals surface area contributed by atoms with Crippen LogP contribution in [0.1, 0.15) is 0 Å². The molecule has 0 fully saturated rings. The largest absolute Gasteiger partial charge is 0.488 e. The van der Waals surface area contributed by atoms with Gasteiger partial charge in [0.25, 0.3) is 0 Å². The molecule has 4 N–H and O–H groups in total. The van der Waals surface area contributed by atoms with Gasteiger partial charge in [0.2, 0.25) is 5.88 Å². The molecule has 0 bridgehead atoms. The smallest absolute Gasteiger partial charge is 0.476 e. The number of nitrogens with two attached hydrogens (primary N) is 1. The SMILES string of the molecule is NCCOc1cc(B(O)O)ccn1. The third-order valence-corrected chi connectivity index (χ3v) is 1.42. The lowest BCUT2D eigenvalue weighted by atomic mass is 9.81. The quantitative estimate of drug-likeness (QED) is 0.473. The van der Waals surface area contributed by atoms with Gasteiger partial charge in [0.05, 0.1) is 0 Å². The first-order chi connectivity index (χ1) is 6.24. The van der Waals surface area contributed by atoms with Crippen molar-refractivity contribution in [3.63, 3.8) is 0 Å². The lowest BCUT2D eigenvalue weighted by Gasteiger charge is -2.04. The summed E-state index contributed by atoms with van der Waals surface area (Å²) in [5, 5.41) is 17.6. The first kappa shape index (κ1) is 9.98. The Bertz CT molecular complexity index is 270. The Morgan fingerprint density at radius 1 is 1.54 bits per heavy atom. The number of ether oxygens (including phenoxy) is 1. The van der Waals surface area contributed by atoms with Crippen molar-refractivity contribution in [2.24, 2.45) is 5.73 Å². The van der Waals surface area contributed by atoms with Crippen LogP contribution < -0.4 is 15.9 Å². The first-order valence-electron chi connectivity index (χ1n) is 3.89. The summed E-state index contributed by atoms with van der Waals surface area (Å²) in [5.74, 6) is 0.344. The second-order valence-electron chi connectivity index (χ2n) is 2.44. The fraction of sp³-hybridized carbons (Fsp3) is 0.286. The van der Waals surface area contributed by atoms with Gasteiger partial charge in [-0.3, -0.25) is 0 Å². The number of nitrogens with zero attached hydrogens (tertiary/aromatic N) is 1. The van der Waals surface area contributed by atoms with E-state index in [9.17, 15) is 0 Å². The van der Waals surface area contributed by atoms with E-state index in [1.165, 1.54) is 18.3 Å². The zero-order valence-electron chi connectivity index (χ0n) is 7.05. The van der Waals surface area contributed by atoms with Gasteiger partial charge in [0, 0.05) is 18.8 Å². The molecule has 0 aliphatic rings. The van der Waals surface area contributed by atoms with Crippen molar-refractivity contribution in [2.75, 3.05) is 13.2 Å². The molecule has 13 heavy (non-hydrogen) atoms. The number of aromatic nitrogens is 1. The molecule has 1 aromatic rings. The van der Waals surface area contributed by atoms with E-state index >= 15 is 0 Å². The van der Waals surface area contributed by atoms with Crippen molar-refractivity contribution in [1.29, 1.82) is 0 Å². The number of hydrogen-bond donors (Lipinski definition) is 3. The van der Waals surface area contributed by atoms with Gasteiger partial charge in [0.15, 0.2) is 0 Å². The molecule has 5 nitrogen and oxygen atoms in total. The average molecular weight is 182 g/mol. The summed E-state index contributed by atoms with van der Waals surface area (Å²) in [6, 6.07) is 2.96. The molecule has 1 heterocycles. The summed E-state index contributed by atoms with van der Waals surface area (Å²) in [6.45, 7) is 0.756. The molecule has 6 heteroatoms. The molecule has 0 spiro atoms. The molecule has 70 valence electrons. The summed E-state index contributed by atoms with van der Waals surface area (Å²) in [6.07, 6.45) is 1.45. The van der Waals surface area contributed by atoms with E-state index in [4.69, 9.17) is 20.5 Å². The predicted molar refractivity (Wildman–Crippen MR) is 48.6 cm³/mol. The molecule has 0 aliphatic heterocycles. The summed E-state index contributed by atoms with van der Waals surface area (Å²) >= 11 is 0. The molecule has 0 saturated carbocycles. The van der Waals surface area contributed by atoms with Crippen molar-refractivity contribution >= 4 is 12.6 Å². The Kier molecular flexibility index (Phi) is 3.69. The fourth-order valence-electron chi connectivity index (χ4n) is 0.828. The standard InChI is InChI=1S/C7H11BN2O3/c9-2-4-13-7-5-6(8(11)12)1-3-10-7/h1,3,5,11-12H,2,4,9H2. The molecule has 0 aromatic carbocycles. The first-order valence-corrected chi connectivity index (χ1v) is 3.89. The minimum atomic E-state index is -1.50. The molecule has 0 radical (unpaired) electrons. The number of rotatable bonds is 4. The molecule has 0 saturated heterocycles. The third kappa shape index (κ3) is 3.02. The van der Waals surface area contributed by atoms with E-state index in [1.807, 2.05) is 0 Å². The fourth-order valence-corrected chi connectivity index (χ4v) is 0.828. The third-order valence-electron chi connectivity index (χ3n) is 1.42. The van der Waals surface area contributed by atoms with E-state index in [-0.39, 0.29) is 0 Å². The molecule has 0 unspecified atom stereocenters. The Balaban J connectivity index is 2.68. The van der Waals surface area contributed by atoms with Gasteiger partial charge in [-0.25, -0.2) is 4.98 Å². The maximum Gasteiger partial charge on any atom is 0.488 e. The van der Waals surface area contributed by atoms with Crippen LogP contribution in [0.4, 0.5) is 0 Å². The average Bonchev–Trinajstić information content (AvgIpc) is 2.15. The van der Waals surface area contributed by atoms with Gasteiger partial charge in [-0.05, 0) is 11.5 Å². The van der Waals surface area contributed by atoms with Gasteiger partial charge < -0.3 is 20.5 Å². The van der Waals surface area contributed by atoms with Crippen LogP contribution in [0.2, 0.25) is 0 Å². The lowest BCUT2D eigenvalue weighted by Crippen LogP contribution is -2.30. The Morgan fingerprint density at radius 2 is 2.31 bits per heavy atom. The van der Waals surface area contributed by atoms with Crippen molar-refractivity contribution < 1.29 is 14.8 Å². The minimum absolute atomic E-state index is 0.344. The van der Waals surface area contributed by atoms with Crippen LogP contribution in [0.15, 0.2) is 18.3 Å². The highest BCUT2D eigenvalue weighted by Gasteiger charge is 2.11. The summed E-state index contributed by atoms with van der Waals surface area (Å²) in [7, 11) is -1.50. The lowest BCUT2D eigenvalue weighted by molar-refractivity contribution is 0.315. The van der Waals surface area contributed by atoms with Gasteiger partial charge in [-0.2, -0.15) is 0 Å². The predicted octanol–water partition coefficient (Wildman–Crippen LogP) is -1.90. The second-order valence-corrected chi connectivity index (χ2v) is 2.44. The monoisotopic (exact) mass is 182 g/mol. The maximum atomic E-state index is 8.82. The maximum absolute atomic E-state index is 8.82. The minimum Gasteiger partial charge on any atom is -0.476 e. The highest BCUT2D eigenvalue weighted by Crippen LogP contribution is 2.01. The van der Waals surface area contributed by atoms with E-state index in [0.717, 1.165) is 0 Å².